The van der Waals surface area contributed by atoms with Crippen LogP contribution in [0.5, 0.6) is 0 Å². The first kappa shape index (κ1) is 12.7. The molecule has 1 saturated heterocycles. The van der Waals surface area contributed by atoms with E-state index in [2.05, 4.69) is 58.2 Å². The number of rotatable bonds is 3. The smallest absolute Gasteiger partial charge is 0.0412 e. The summed E-state index contributed by atoms with van der Waals surface area (Å²) in [7, 11) is 0. The van der Waals surface area contributed by atoms with Gasteiger partial charge in [-0.1, -0.05) is 19.1 Å². The number of nitrogens with one attached hydrogen (secondary N) is 1. The fourth-order valence-electron chi connectivity index (χ4n) is 2.74. The summed E-state index contributed by atoms with van der Waals surface area (Å²) in [6, 6.07) is 11.8. The minimum absolute atomic E-state index is 0.626. The van der Waals surface area contributed by atoms with Gasteiger partial charge < -0.3 is 10.2 Å². The Morgan fingerprint density at radius 1 is 1.21 bits per heavy atom. The molecule has 0 bridgehead atoms. The molecule has 1 fully saturated rings. The summed E-state index contributed by atoms with van der Waals surface area (Å²) in [5.41, 5.74) is 3.99. The average molecular weight is 272 g/mol. The summed E-state index contributed by atoms with van der Waals surface area (Å²) < 4.78 is 0. The predicted molar refractivity (Wildman–Crippen MR) is 84.0 cm³/mol. The Hall–Kier alpha value is -1.32. The van der Waals surface area contributed by atoms with Crippen molar-refractivity contribution in [2.75, 3.05) is 24.5 Å². The molecular weight excluding hydrogens is 252 g/mol. The zero-order chi connectivity index (χ0) is 13.1. The molecule has 2 aromatic rings. The SMILES string of the molecule is CCC1CNCCN1c1ccc(-c2ccsc2)cc1. The van der Waals surface area contributed by atoms with Gasteiger partial charge in [0.2, 0.25) is 0 Å². The summed E-state index contributed by atoms with van der Waals surface area (Å²) in [6.45, 7) is 5.56. The zero-order valence-electron chi connectivity index (χ0n) is 11.3. The largest absolute Gasteiger partial charge is 0.366 e. The van der Waals surface area contributed by atoms with Gasteiger partial charge in [0.1, 0.15) is 0 Å². The number of thiophene rings is 1. The van der Waals surface area contributed by atoms with Gasteiger partial charge in [0, 0.05) is 31.4 Å². The highest BCUT2D eigenvalue weighted by Crippen LogP contribution is 2.26. The van der Waals surface area contributed by atoms with Gasteiger partial charge in [-0.05, 0) is 46.5 Å². The Kier molecular flexibility index (Phi) is 3.85. The Bertz CT molecular complexity index is 504. The van der Waals surface area contributed by atoms with Crippen molar-refractivity contribution in [2.45, 2.75) is 19.4 Å². The van der Waals surface area contributed by atoms with Crippen LogP contribution >= 0.6 is 11.3 Å². The molecule has 3 rings (SSSR count). The molecule has 0 saturated carbocycles. The maximum atomic E-state index is 3.48. The first-order valence-corrected chi connectivity index (χ1v) is 7.93. The van der Waals surface area contributed by atoms with Gasteiger partial charge in [0.25, 0.3) is 0 Å². The summed E-state index contributed by atoms with van der Waals surface area (Å²) in [6.07, 6.45) is 1.19. The molecule has 1 atom stereocenters. The van der Waals surface area contributed by atoms with Gasteiger partial charge >= 0.3 is 0 Å². The lowest BCUT2D eigenvalue weighted by Crippen LogP contribution is -2.51. The average Bonchev–Trinajstić information content (AvgIpc) is 3.02. The van der Waals surface area contributed by atoms with Crippen molar-refractivity contribution in [3.05, 3.63) is 41.1 Å². The van der Waals surface area contributed by atoms with E-state index in [0.717, 1.165) is 19.6 Å². The minimum Gasteiger partial charge on any atom is -0.366 e. The number of nitrogens with zero attached hydrogens (tertiary/aromatic N) is 1. The van der Waals surface area contributed by atoms with E-state index in [0.29, 0.717) is 6.04 Å². The fourth-order valence-corrected chi connectivity index (χ4v) is 3.40. The van der Waals surface area contributed by atoms with Crippen LogP contribution in [0.4, 0.5) is 5.69 Å². The maximum Gasteiger partial charge on any atom is 0.0412 e. The van der Waals surface area contributed by atoms with Crippen molar-refractivity contribution in [3.63, 3.8) is 0 Å². The third kappa shape index (κ3) is 2.67. The quantitative estimate of drug-likeness (QED) is 0.918. The Balaban J connectivity index is 1.81. The van der Waals surface area contributed by atoms with E-state index in [9.17, 15) is 0 Å². The molecule has 2 nitrogen and oxygen atoms in total. The van der Waals surface area contributed by atoms with Gasteiger partial charge in [0.15, 0.2) is 0 Å². The van der Waals surface area contributed by atoms with Crippen LogP contribution in [0.2, 0.25) is 0 Å². The van der Waals surface area contributed by atoms with Crippen LogP contribution in [0, 0.1) is 0 Å². The lowest BCUT2D eigenvalue weighted by Gasteiger charge is -2.37. The number of hydrogen-bond acceptors (Lipinski definition) is 3. The van der Waals surface area contributed by atoms with E-state index in [1.54, 1.807) is 11.3 Å². The van der Waals surface area contributed by atoms with Crippen molar-refractivity contribution >= 4 is 17.0 Å². The van der Waals surface area contributed by atoms with Gasteiger partial charge in [-0.3, -0.25) is 0 Å². The van der Waals surface area contributed by atoms with Crippen LogP contribution in [0.15, 0.2) is 41.1 Å². The first-order chi connectivity index (χ1) is 9.38. The third-order valence-electron chi connectivity index (χ3n) is 3.87. The van der Waals surface area contributed by atoms with E-state index in [-0.39, 0.29) is 0 Å². The number of benzene rings is 1. The van der Waals surface area contributed by atoms with Crippen LogP contribution in [-0.2, 0) is 0 Å². The van der Waals surface area contributed by atoms with Crippen LogP contribution < -0.4 is 10.2 Å². The molecule has 1 aromatic carbocycles. The van der Waals surface area contributed by atoms with Crippen molar-refractivity contribution in [1.82, 2.24) is 5.32 Å². The first-order valence-electron chi connectivity index (χ1n) is 6.98. The fraction of sp³-hybridized carbons (Fsp3) is 0.375. The predicted octanol–water partition coefficient (Wildman–Crippen LogP) is 3.60. The molecule has 100 valence electrons. The molecule has 0 spiro atoms. The summed E-state index contributed by atoms with van der Waals surface area (Å²) in [4.78, 5) is 2.54. The number of piperazine rings is 1. The standard InChI is InChI=1S/C16H20N2S/c1-2-15-11-17-8-9-18(15)16-5-3-13(4-6-16)14-7-10-19-12-14/h3-7,10,12,15,17H,2,8-9,11H2,1H3. The Morgan fingerprint density at radius 2 is 2.05 bits per heavy atom. The molecular formula is C16H20N2S. The van der Waals surface area contributed by atoms with Crippen molar-refractivity contribution in [3.8, 4) is 11.1 Å². The summed E-state index contributed by atoms with van der Waals surface area (Å²) >= 11 is 1.75. The van der Waals surface area contributed by atoms with Gasteiger partial charge in [-0.15, -0.1) is 0 Å². The Morgan fingerprint density at radius 3 is 2.74 bits per heavy atom. The molecule has 19 heavy (non-hydrogen) atoms. The van der Waals surface area contributed by atoms with E-state index < -0.39 is 0 Å². The lowest BCUT2D eigenvalue weighted by molar-refractivity contribution is 0.466. The van der Waals surface area contributed by atoms with Crippen LogP contribution in [0.1, 0.15) is 13.3 Å². The van der Waals surface area contributed by atoms with E-state index in [1.165, 1.54) is 23.2 Å². The second kappa shape index (κ2) is 5.76. The third-order valence-corrected chi connectivity index (χ3v) is 4.56. The second-order valence-corrected chi connectivity index (χ2v) is 5.80. The molecule has 0 radical (unpaired) electrons. The highest BCUT2D eigenvalue weighted by Gasteiger charge is 2.20. The Labute approximate surface area is 119 Å². The molecule has 1 N–H and O–H groups in total. The van der Waals surface area contributed by atoms with Gasteiger partial charge in [-0.2, -0.15) is 11.3 Å². The molecule has 1 aliphatic heterocycles. The van der Waals surface area contributed by atoms with Gasteiger partial charge in [-0.25, -0.2) is 0 Å². The molecule has 0 amide bonds. The minimum atomic E-state index is 0.626. The summed E-state index contributed by atoms with van der Waals surface area (Å²) in [5, 5.41) is 7.81. The molecule has 1 aromatic heterocycles. The molecule has 1 unspecified atom stereocenters. The number of anilines is 1. The van der Waals surface area contributed by atoms with Crippen molar-refractivity contribution in [1.29, 1.82) is 0 Å². The molecule has 2 heterocycles. The van der Waals surface area contributed by atoms with Crippen molar-refractivity contribution in [2.24, 2.45) is 0 Å². The lowest BCUT2D eigenvalue weighted by atomic mass is 10.1. The molecule has 3 heteroatoms. The zero-order valence-corrected chi connectivity index (χ0v) is 12.1. The normalized spacial score (nSPS) is 19.6. The van der Waals surface area contributed by atoms with Crippen molar-refractivity contribution < 1.29 is 0 Å². The monoisotopic (exact) mass is 272 g/mol. The highest BCUT2D eigenvalue weighted by molar-refractivity contribution is 7.08. The topological polar surface area (TPSA) is 15.3 Å². The summed E-state index contributed by atoms with van der Waals surface area (Å²) in [5.74, 6) is 0. The van der Waals surface area contributed by atoms with Crippen LogP contribution in [0.3, 0.4) is 0 Å². The van der Waals surface area contributed by atoms with Gasteiger partial charge in [0.05, 0.1) is 0 Å². The molecule has 0 aliphatic carbocycles. The number of hydrogen-bond donors (Lipinski definition) is 1. The van der Waals surface area contributed by atoms with E-state index >= 15 is 0 Å². The highest BCUT2D eigenvalue weighted by atomic mass is 32.1. The van der Waals surface area contributed by atoms with Crippen LogP contribution in [-0.4, -0.2) is 25.7 Å². The van der Waals surface area contributed by atoms with Crippen LogP contribution in [0.25, 0.3) is 11.1 Å². The van der Waals surface area contributed by atoms with E-state index in [4.69, 9.17) is 0 Å². The second-order valence-electron chi connectivity index (χ2n) is 5.02. The maximum absolute atomic E-state index is 3.48. The molecule has 1 aliphatic rings. The van der Waals surface area contributed by atoms with E-state index in [1.807, 2.05) is 0 Å².